The number of anilines is 5. The van der Waals surface area contributed by atoms with Crippen LogP contribution < -0.4 is 20.0 Å². The largest absolute Gasteiger partial charge is 0.503 e. The van der Waals surface area contributed by atoms with Crippen LogP contribution in [0, 0.1) is 5.41 Å². The van der Waals surface area contributed by atoms with Crippen LogP contribution in [-0.2, 0) is 4.74 Å². The number of nitrogens with one attached hydrogen (secondary N) is 1. The van der Waals surface area contributed by atoms with Crippen LogP contribution >= 0.6 is 0 Å². The molecule has 0 spiro atoms. The molecule has 9 heteroatoms. The minimum Gasteiger partial charge on any atom is -0.503 e. The third-order valence-corrected chi connectivity index (χ3v) is 6.71. The smallest absolute Gasteiger partial charge is 0.227 e. The monoisotopic (exact) mass is 486 g/mol. The number of benzene rings is 1. The molecule has 3 rings (SSSR count). The van der Waals surface area contributed by atoms with Crippen molar-refractivity contribution in [2.24, 2.45) is 5.41 Å². The maximum Gasteiger partial charge on any atom is 0.227 e. The van der Waals surface area contributed by atoms with Crippen LogP contribution in [0.15, 0.2) is 24.4 Å². The molecule has 0 amide bonds. The average molecular weight is 487 g/mol. The summed E-state index contributed by atoms with van der Waals surface area (Å²) in [7, 11) is 3.98. The van der Waals surface area contributed by atoms with E-state index in [1.807, 2.05) is 55.9 Å². The van der Waals surface area contributed by atoms with E-state index in [2.05, 4.69) is 41.0 Å². The number of morpholine rings is 1. The van der Waals surface area contributed by atoms with E-state index in [0.717, 1.165) is 36.4 Å². The lowest BCUT2D eigenvalue weighted by molar-refractivity contribution is -0.00571. The highest BCUT2D eigenvalue weighted by Gasteiger charge is 2.25. The number of nitrogens with zero attached hydrogens (tertiary/aromatic N) is 5. The molecule has 1 saturated heterocycles. The fraction of sp³-hybridized carbons (Fsp3) is 0.615. The van der Waals surface area contributed by atoms with Crippen LogP contribution in [0.1, 0.15) is 47.5 Å². The van der Waals surface area contributed by atoms with E-state index in [1.165, 1.54) is 6.20 Å². The zero-order valence-electron chi connectivity index (χ0n) is 22.2. The molecule has 2 heterocycles. The number of ether oxygens (including phenoxy) is 1. The van der Waals surface area contributed by atoms with Crippen LogP contribution in [-0.4, -0.2) is 72.8 Å². The molecule has 0 aliphatic carbocycles. The summed E-state index contributed by atoms with van der Waals surface area (Å²) in [6.07, 6.45) is 3.62. The maximum atomic E-state index is 10.5. The molecule has 2 aromatic rings. The lowest BCUT2D eigenvalue weighted by Crippen LogP contribution is -2.46. The third kappa shape index (κ3) is 6.89. The highest BCUT2D eigenvalue weighted by Crippen LogP contribution is 2.35. The Bertz CT molecular complexity index is 974. The number of aliphatic hydroxyl groups is 1. The Morgan fingerprint density at radius 3 is 2.46 bits per heavy atom. The van der Waals surface area contributed by atoms with E-state index in [0.29, 0.717) is 24.9 Å². The van der Waals surface area contributed by atoms with E-state index in [-0.39, 0.29) is 30.1 Å². The van der Waals surface area contributed by atoms with Crippen molar-refractivity contribution < 1.29 is 14.9 Å². The van der Waals surface area contributed by atoms with Crippen LogP contribution in [0.25, 0.3) is 0 Å². The van der Waals surface area contributed by atoms with E-state index in [9.17, 15) is 10.2 Å². The van der Waals surface area contributed by atoms with Gasteiger partial charge in [0.15, 0.2) is 11.6 Å². The van der Waals surface area contributed by atoms with E-state index >= 15 is 0 Å². The van der Waals surface area contributed by atoms with Crippen LogP contribution in [0.2, 0.25) is 0 Å². The molecule has 1 unspecified atom stereocenters. The lowest BCUT2D eigenvalue weighted by atomic mass is 9.86. The molecular formula is C26H42N6O3. The van der Waals surface area contributed by atoms with Gasteiger partial charge in [-0.05, 0) is 43.9 Å². The molecule has 1 aromatic carbocycles. The third-order valence-electron chi connectivity index (χ3n) is 6.71. The van der Waals surface area contributed by atoms with Gasteiger partial charge in [-0.25, -0.2) is 4.98 Å². The summed E-state index contributed by atoms with van der Waals surface area (Å²) in [5, 5.41) is 23.9. The second-order valence-electron chi connectivity index (χ2n) is 10.5. The van der Waals surface area contributed by atoms with E-state index in [4.69, 9.17) is 4.74 Å². The number of aliphatic hydroxyl groups excluding tert-OH is 1. The lowest BCUT2D eigenvalue weighted by Gasteiger charge is -2.35. The van der Waals surface area contributed by atoms with E-state index in [1.54, 1.807) is 0 Å². The molecule has 2 atom stereocenters. The quantitative estimate of drug-likeness (QED) is 0.427. The Morgan fingerprint density at radius 1 is 1.17 bits per heavy atom. The first-order valence-corrected chi connectivity index (χ1v) is 12.4. The van der Waals surface area contributed by atoms with Gasteiger partial charge in [0.25, 0.3) is 0 Å². The molecule has 1 aromatic heterocycles. The predicted octanol–water partition coefficient (Wildman–Crippen LogP) is 4.19. The second-order valence-corrected chi connectivity index (χ2v) is 10.5. The Hall–Kier alpha value is -2.78. The molecule has 0 radical (unpaired) electrons. The van der Waals surface area contributed by atoms with Gasteiger partial charge in [-0.3, -0.25) is 0 Å². The summed E-state index contributed by atoms with van der Waals surface area (Å²) in [5.74, 6) is 0.870. The minimum atomic E-state index is -0.0829. The fourth-order valence-corrected chi connectivity index (χ4v) is 4.20. The first kappa shape index (κ1) is 26.8. The normalized spacial score (nSPS) is 18.5. The summed E-state index contributed by atoms with van der Waals surface area (Å²) in [6, 6.07) is 5.95. The molecule has 0 bridgehead atoms. The maximum absolute atomic E-state index is 10.5. The fourth-order valence-electron chi connectivity index (χ4n) is 4.20. The SMILES string of the molecule is CCC(C)(C)CCN(CO)c1cc(Nc2nc(N3CC(C)O[C@@H](C)C3)ncc2O)ccc1N(C)C. The van der Waals surface area contributed by atoms with Crippen molar-refractivity contribution >= 4 is 28.8 Å². The van der Waals surface area contributed by atoms with Crippen LogP contribution in [0.4, 0.5) is 28.8 Å². The summed E-state index contributed by atoms with van der Waals surface area (Å²) < 4.78 is 5.82. The Morgan fingerprint density at radius 2 is 1.86 bits per heavy atom. The Kier molecular flexibility index (Phi) is 8.66. The van der Waals surface area contributed by atoms with Crippen molar-refractivity contribution in [3.8, 4) is 5.75 Å². The molecule has 1 aliphatic rings. The number of hydrogen-bond donors (Lipinski definition) is 3. The number of hydrogen-bond acceptors (Lipinski definition) is 9. The number of rotatable bonds is 10. The van der Waals surface area contributed by atoms with Gasteiger partial charge in [-0.2, -0.15) is 4.98 Å². The van der Waals surface area contributed by atoms with E-state index < -0.39 is 0 Å². The Balaban J connectivity index is 1.88. The van der Waals surface area contributed by atoms with Crippen LogP contribution in [0.5, 0.6) is 5.75 Å². The molecule has 1 fully saturated rings. The van der Waals surface area contributed by atoms with Gasteiger partial charge in [0.05, 0.1) is 29.8 Å². The topological polar surface area (TPSA) is 97.2 Å². The average Bonchev–Trinajstić information content (AvgIpc) is 2.80. The molecule has 194 valence electrons. The molecule has 1 aliphatic heterocycles. The van der Waals surface area contributed by atoms with Gasteiger partial charge in [0, 0.05) is 39.4 Å². The summed E-state index contributed by atoms with van der Waals surface area (Å²) in [4.78, 5) is 15.1. The first-order valence-electron chi connectivity index (χ1n) is 12.4. The number of aromatic hydroxyl groups is 1. The highest BCUT2D eigenvalue weighted by molar-refractivity contribution is 5.77. The predicted molar refractivity (Wildman–Crippen MR) is 143 cm³/mol. The molecule has 0 saturated carbocycles. The molecule has 9 nitrogen and oxygen atoms in total. The minimum absolute atomic E-state index is 0.0231. The second kappa shape index (κ2) is 11.3. The van der Waals surface area contributed by atoms with Gasteiger partial charge in [-0.1, -0.05) is 27.2 Å². The van der Waals surface area contributed by atoms with Gasteiger partial charge in [0.1, 0.15) is 6.73 Å². The zero-order valence-corrected chi connectivity index (χ0v) is 22.2. The van der Waals surface area contributed by atoms with Crippen molar-refractivity contribution in [2.75, 3.05) is 60.5 Å². The summed E-state index contributed by atoms with van der Waals surface area (Å²) in [6.45, 7) is 12.8. The van der Waals surface area contributed by atoms with Gasteiger partial charge in [-0.15, -0.1) is 0 Å². The van der Waals surface area contributed by atoms with Gasteiger partial charge in [0.2, 0.25) is 5.95 Å². The van der Waals surface area contributed by atoms with Crippen molar-refractivity contribution in [1.29, 1.82) is 0 Å². The summed E-state index contributed by atoms with van der Waals surface area (Å²) in [5.41, 5.74) is 2.88. The van der Waals surface area contributed by atoms with Crippen molar-refractivity contribution in [3.63, 3.8) is 0 Å². The summed E-state index contributed by atoms with van der Waals surface area (Å²) >= 11 is 0. The highest BCUT2D eigenvalue weighted by atomic mass is 16.5. The molecule has 3 N–H and O–H groups in total. The van der Waals surface area contributed by atoms with Crippen LogP contribution in [0.3, 0.4) is 0 Å². The first-order chi connectivity index (χ1) is 16.5. The van der Waals surface area contributed by atoms with Crippen molar-refractivity contribution in [3.05, 3.63) is 24.4 Å². The Labute approximate surface area is 209 Å². The zero-order chi connectivity index (χ0) is 25.8. The molecular weight excluding hydrogens is 444 g/mol. The van der Waals surface area contributed by atoms with Crippen molar-refractivity contribution in [1.82, 2.24) is 9.97 Å². The molecule has 35 heavy (non-hydrogen) atoms. The standard InChI is InChI=1S/C26H42N6O3/c1-8-26(4,5)11-12-31(17-33)22-13-20(9-10-21(22)30(6)7)28-24-23(34)14-27-25(29-24)32-15-18(2)35-19(3)16-32/h9-10,13-14,18-19,33-34H,8,11-12,15-17H2,1-7H3,(H,27,28,29)/t18-,19?/m0/s1. The van der Waals surface area contributed by atoms with Crippen molar-refractivity contribution in [2.45, 2.75) is 59.7 Å². The van der Waals surface area contributed by atoms with Gasteiger partial charge < -0.3 is 35.0 Å². The van der Waals surface area contributed by atoms with Gasteiger partial charge >= 0.3 is 0 Å². The number of aromatic nitrogens is 2.